The molecule has 0 aliphatic carbocycles. The van der Waals surface area contributed by atoms with Crippen molar-refractivity contribution >= 4 is 15.9 Å². The molecule has 21 heavy (non-hydrogen) atoms. The molecular weight excluding hydrogens is 294 g/mol. The number of hydrogen-bond acceptors (Lipinski definition) is 5. The Morgan fingerprint density at radius 3 is 2.67 bits per heavy atom. The summed E-state index contributed by atoms with van der Waals surface area (Å²) < 4.78 is 27.4. The summed E-state index contributed by atoms with van der Waals surface area (Å²) in [6.07, 6.45) is 2.67. The lowest BCUT2D eigenvalue weighted by molar-refractivity contribution is 0.0747. The Bertz CT molecular complexity index is 656. The summed E-state index contributed by atoms with van der Waals surface area (Å²) in [5.41, 5.74) is 0. The van der Waals surface area contributed by atoms with Crippen LogP contribution in [0.5, 0.6) is 0 Å². The molecule has 1 amide bonds. The van der Waals surface area contributed by atoms with Crippen LogP contribution in [-0.2, 0) is 17.1 Å². The van der Waals surface area contributed by atoms with Gasteiger partial charge in [-0.2, -0.15) is 0 Å². The van der Waals surface area contributed by atoms with Crippen molar-refractivity contribution in [3.8, 4) is 0 Å². The molecule has 0 N–H and O–H groups in total. The van der Waals surface area contributed by atoms with E-state index in [2.05, 4.69) is 10.1 Å². The van der Waals surface area contributed by atoms with Gasteiger partial charge in [-0.3, -0.25) is 9.48 Å². The first kappa shape index (κ1) is 14.5. The van der Waals surface area contributed by atoms with E-state index in [0.29, 0.717) is 32.5 Å². The third kappa shape index (κ3) is 2.44. The van der Waals surface area contributed by atoms with Crippen LogP contribution in [0, 0.1) is 5.92 Å². The molecule has 3 heterocycles. The second-order valence-electron chi connectivity index (χ2n) is 5.74. The molecule has 3 rings (SSSR count). The highest BCUT2D eigenvalue weighted by molar-refractivity contribution is 7.90. The molecule has 1 aromatic heterocycles. The second-order valence-corrected chi connectivity index (χ2v) is 7.99. The van der Waals surface area contributed by atoms with Gasteiger partial charge >= 0.3 is 0 Å². The molecule has 0 saturated carbocycles. The third-order valence-electron chi connectivity index (χ3n) is 4.37. The highest BCUT2D eigenvalue weighted by Gasteiger charge is 2.45. The fraction of sp³-hybridized carbons (Fsp3) is 0.750. The normalized spacial score (nSPS) is 29.1. The van der Waals surface area contributed by atoms with Crippen molar-refractivity contribution in [3.63, 3.8) is 0 Å². The summed E-state index contributed by atoms with van der Waals surface area (Å²) in [6.45, 7) is 1.55. The van der Waals surface area contributed by atoms with Gasteiger partial charge in [0.15, 0.2) is 0 Å². The third-order valence-corrected chi connectivity index (χ3v) is 6.77. The molecule has 9 heteroatoms. The zero-order valence-corrected chi connectivity index (χ0v) is 13.0. The highest BCUT2D eigenvalue weighted by atomic mass is 32.2. The van der Waals surface area contributed by atoms with E-state index in [1.807, 2.05) is 0 Å². The molecule has 0 unspecified atom stereocenters. The van der Waals surface area contributed by atoms with E-state index in [4.69, 9.17) is 0 Å². The van der Waals surface area contributed by atoms with E-state index in [1.54, 1.807) is 19.0 Å². The lowest BCUT2D eigenvalue weighted by atomic mass is 10.0. The Labute approximate surface area is 123 Å². The first-order chi connectivity index (χ1) is 9.89. The van der Waals surface area contributed by atoms with Gasteiger partial charge in [-0.15, -0.1) is 5.10 Å². The van der Waals surface area contributed by atoms with Gasteiger partial charge in [0, 0.05) is 33.7 Å². The van der Waals surface area contributed by atoms with Gasteiger partial charge in [0.25, 0.3) is 5.91 Å². The molecule has 0 spiro atoms. The molecule has 0 radical (unpaired) electrons. The maximum absolute atomic E-state index is 12.3. The number of aromatic nitrogens is 3. The molecule has 2 saturated heterocycles. The zero-order valence-electron chi connectivity index (χ0n) is 12.1. The molecule has 0 aromatic carbocycles. The Balaban J connectivity index is 1.75. The van der Waals surface area contributed by atoms with Crippen LogP contribution in [0.4, 0.5) is 0 Å². The van der Waals surface area contributed by atoms with Crippen LogP contribution >= 0.6 is 0 Å². The van der Waals surface area contributed by atoms with Crippen LogP contribution in [0.3, 0.4) is 0 Å². The number of sulfonamides is 1. The SMILES string of the molecule is CN1C[C@H]2CCN(C(=O)c3ncn(C)n3)CC[C@H]2S1(=O)=O. The first-order valence-electron chi connectivity index (χ1n) is 6.99. The molecular formula is C12H19N5O3S. The number of rotatable bonds is 1. The smallest absolute Gasteiger partial charge is 0.293 e. The number of hydrogen-bond donors (Lipinski definition) is 0. The predicted molar refractivity (Wildman–Crippen MR) is 75.0 cm³/mol. The number of fused-ring (bicyclic) bond motifs is 1. The maximum atomic E-state index is 12.3. The second kappa shape index (κ2) is 5.06. The minimum absolute atomic E-state index is 0.106. The summed E-state index contributed by atoms with van der Waals surface area (Å²) in [5.74, 6) is 0.0559. The summed E-state index contributed by atoms with van der Waals surface area (Å²) in [5, 5.41) is 3.65. The summed E-state index contributed by atoms with van der Waals surface area (Å²) >= 11 is 0. The lowest BCUT2D eigenvalue weighted by Gasteiger charge is -2.19. The quantitative estimate of drug-likeness (QED) is 0.685. The van der Waals surface area contributed by atoms with Crippen molar-refractivity contribution < 1.29 is 13.2 Å². The van der Waals surface area contributed by atoms with E-state index in [-0.39, 0.29) is 22.9 Å². The van der Waals surface area contributed by atoms with E-state index in [9.17, 15) is 13.2 Å². The summed E-state index contributed by atoms with van der Waals surface area (Å²) in [6, 6.07) is 0. The highest BCUT2D eigenvalue weighted by Crippen LogP contribution is 2.33. The van der Waals surface area contributed by atoms with Gasteiger partial charge in [-0.1, -0.05) is 0 Å². The topological polar surface area (TPSA) is 88.4 Å². The van der Waals surface area contributed by atoms with Crippen LogP contribution in [0.15, 0.2) is 6.33 Å². The van der Waals surface area contributed by atoms with Gasteiger partial charge in [0.2, 0.25) is 15.8 Å². The summed E-state index contributed by atoms with van der Waals surface area (Å²) in [4.78, 5) is 18.0. The van der Waals surface area contributed by atoms with Gasteiger partial charge in [-0.25, -0.2) is 17.7 Å². The largest absolute Gasteiger partial charge is 0.336 e. The minimum atomic E-state index is -3.20. The average Bonchev–Trinajstić information content (AvgIpc) is 2.85. The number of carbonyl (C=O) groups is 1. The van der Waals surface area contributed by atoms with Gasteiger partial charge in [0.05, 0.1) is 5.25 Å². The fourth-order valence-corrected chi connectivity index (χ4v) is 5.16. The van der Waals surface area contributed by atoms with Crippen LogP contribution in [0.1, 0.15) is 23.5 Å². The van der Waals surface area contributed by atoms with Crippen molar-refractivity contribution in [2.45, 2.75) is 18.1 Å². The van der Waals surface area contributed by atoms with Crippen molar-refractivity contribution in [1.82, 2.24) is 24.0 Å². The van der Waals surface area contributed by atoms with Crippen molar-refractivity contribution in [3.05, 3.63) is 12.2 Å². The van der Waals surface area contributed by atoms with Gasteiger partial charge in [-0.05, 0) is 18.8 Å². The molecule has 2 aliphatic heterocycles. The molecule has 0 bridgehead atoms. The van der Waals surface area contributed by atoms with Crippen LogP contribution in [-0.4, -0.2) is 70.2 Å². The Morgan fingerprint density at radius 1 is 1.29 bits per heavy atom. The summed E-state index contributed by atoms with van der Waals surface area (Å²) in [7, 11) is 0.138. The molecule has 8 nitrogen and oxygen atoms in total. The molecule has 2 aliphatic rings. The predicted octanol–water partition coefficient (Wildman–Crippen LogP) is -0.689. The number of carbonyl (C=O) groups excluding carboxylic acids is 1. The molecule has 2 fully saturated rings. The Morgan fingerprint density at radius 2 is 2.00 bits per heavy atom. The lowest BCUT2D eigenvalue weighted by Crippen LogP contribution is -2.34. The van der Waals surface area contributed by atoms with E-state index in [1.165, 1.54) is 15.3 Å². The number of aryl methyl sites for hydroxylation is 1. The number of nitrogens with zero attached hydrogens (tertiary/aromatic N) is 5. The van der Waals surface area contributed by atoms with Crippen LogP contribution in [0.25, 0.3) is 0 Å². The molecule has 116 valence electrons. The fourth-order valence-electron chi connectivity index (χ4n) is 3.19. The van der Waals surface area contributed by atoms with Crippen molar-refractivity contribution in [2.24, 2.45) is 13.0 Å². The standard InChI is InChI=1S/C12H19N5O3S/c1-15-8-13-11(14-15)12(18)17-5-3-9-7-16(2)21(19,20)10(9)4-6-17/h8-10H,3-7H2,1-2H3/t9-,10-/m1/s1. The average molecular weight is 313 g/mol. The van der Waals surface area contributed by atoms with E-state index < -0.39 is 10.0 Å². The Kier molecular flexibility index (Phi) is 3.48. The molecule has 1 aromatic rings. The zero-order chi connectivity index (χ0) is 15.2. The van der Waals surface area contributed by atoms with Crippen molar-refractivity contribution in [1.29, 1.82) is 0 Å². The van der Waals surface area contributed by atoms with Gasteiger partial charge in [0.1, 0.15) is 6.33 Å². The minimum Gasteiger partial charge on any atom is -0.336 e. The first-order valence-corrected chi connectivity index (χ1v) is 8.50. The van der Waals surface area contributed by atoms with Crippen LogP contribution in [0.2, 0.25) is 0 Å². The van der Waals surface area contributed by atoms with Gasteiger partial charge < -0.3 is 4.90 Å². The van der Waals surface area contributed by atoms with E-state index >= 15 is 0 Å². The van der Waals surface area contributed by atoms with Crippen molar-refractivity contribution in [2.75, 3.05) is 26.7 Å². The monoisotopic (exact) mass is 313 g/mol. The van der Waals surface area contributed by atoms with Crippen LogP contribution < -0.4 is 0 Å². The number of likely N-dealkylation sites (tertiary alicyclic amines) is 1. The maximum Gasteiger partial charge on any atom is 0.293 e. The molecule has 2 atom stereocenters. The Hall–Kier alpha value is -1.48. The van der Waals surface area contributed by atoms with E-state index in [0.717, 1.165) is 0 Å². The number of amides is 1.